The molecule has 1 saturated carbocycles. The van der Waals surface area contributed by atoms with Gasteiger partial charge in [-0.1, -0.05) is 31.9 Å². The van der Waals surface area contributed by atoms with Crippen molar-refractivity contribution in [2.45, 2.75) is 76.9 Å². The van der Waals surface area contributed by atoms with Crippen molar-refractivity contribution in [3.05, 3.63) is 72.0 Å². The predicted molar refractivity (Wildman–Crippen MR) is 188 cm³/mol. The summed E-state index contributed by atoms with van der Waals surface area (Å²) in [5.74, 6) is 2.29. The number of aliphatic imine (C=N–C) groups is 1. The van der Waals surface area contributed by atoms with Gasteiger partial charge in [0.05, 0.1) is 30.6 Å². The van der Waals surface area contributed by atoms with E-state index in [1.54, 1.807) is 17.8 Å². The van der Waals surface area contributed by atoms with Gasteiger partial charge in [-0.2, -0.15) is 10.4 Å². The van der Waals surface area contributed by atoms with Crippen LogP contribution in [0.4, 0.5) is 0 Å². The number of pyridine rings is 2. The number of fused-ring (bicyclic) bond motifs is 3. The number of methoxy groups -OCH3 is 1. The fourth-order valence-electron chi connectivity index (χ4n) is 8.37. The summed E-state index contributed by atoms with van der Waals surface area (Å²) in [5.41, 5.74) is 4.55. The van der Waals surface area contributed by atoms with E-state index in [2.05, 4.69) is 49.6 Å². The second-order valence-corrected chi connectivity index (χ2v) is 14.1. The molecule has 0 N–H and O–H groups in total. The highest BCUT2D eigenvalue weighted by Crippen LogP contribution is 2.44. The molecular formula is C38H48N8O2. The van der Waals surface area contributed by atoms with Gasteiger partial charge in [0.15, 0.2) is 0 Å². The lowest BCUT2D eigenvalue weighted by Gasteiger charge is -2.57. The molecule has 252 valence electrons. The maximum Gasteiger partial charge on any atom is 0.212 e. The van der Waals surface area contributed by atoms with Gasteiger partial charge < -0.3 is 14.4 Å². The first-order valence-electron chi connectivity index (χ1n) is 17.6. The Morgan fingerprint density at radius 1 is 1.12 bits per heavy atom. The van der Waals surface area contributed by atoms with E-state index in [1.165, 1.54) is 56.9 Å². The van der Waals surface area contributed by atoms with Gasteiger partial charge in [-0.05, 0) is 80.8 Å². The standard InChI is InChI=1S/C38H48N8O2/c1-4-35(44-25-31-18-32(26-44)45(31)24-29-8-9-36(47-3)41-22-29)40-21-28(2)34-19-33(27-46-37(34)30(20-39)23-42-46)48-17-16-43-14-12-38(13-15-43)10-6-5-7-11-38/h4,8-9,19,21-23,27,31-32H,2,5-7,10-18,24-26H2,1,3H3/b35-4+,40-21-. The fraction of sp³-hybridized carbons (Fsp3) is 0.526. The summed E-state index contributed by atoms with van der Waals surface area (Å²) in [6, 6.07) is 9.26. The average Bonchev–Trinajstić information content (AvgIpc) is 3.55. The average molecular weight is 649 g/mol. The van der Waals surface area contributed by atoms with Crippen LogP contribution in [-0.4, -0.2) is 94.0 Å². The van der Waals surface area contributed by atoms with Crippen LogP contribution in [0, 0.1) is 16.7 Å². The quantitative estimate of drug-likeness (QED) is 0.236. The molecule has 4 saturated heterocycles. The molecule has 5 aliphatic rings. The molecule has 7 heterocycles. The molecule has 0 aromatic carbocycles. The summed E-state index contributed by atoms with van der Waals surface area (Å²) in [6.07, 6.45) is 20.2. The Labute approximate surface area is 284 Å². The van der Waals surface area contributed by atoms with Crippen molar-refractivity contribution in [2.24, 2.45) is 10.4 Å². The smallest absolute Gasteiger partial charge is 0.212 e. The normalized spacial score (nSPS) is 22.9. The van der Waals surface area contributed by atoms with Crippen molar-refractivity contribution in [3.63, 3.8) is 0 Å². The lowest BCUT2D eigenvalue weighted by atomic mass is 9.68. The Bertz CT molecular complexity index is 1690. The molecule has 48 heavy (non-hydrogen) atoms. The minimum atomic E-state index is 0.482. The molecule has 2 atom stereocenters. The van der Waals surface area contributed by atoms with Crippen LogP contribution in [0.5, 0.6) is 11.6 Å². The molecule has 4 aliphatic heterocycles. The lowest BCUT2D eigenvalue weighted by Crippen LogP contribution is -2.67. The number of rotatable bonds is 11. The molecule has 2 unspecified atom stereocenters. The number of hydrogen-bond acceptors (Lipinski definition) is 9. The van der Waals surface area contributed by atoms with Crippen LogP contribution in [-0.2, 0) is 6.54 Å². The van der Waals surface area contributed by atoms with E-state index in [0.29, 0.717) is 41.1 Å². The van der Waals surface area contributed by atoms with Crippen molar-refractivity contribution < 1.29 is 9.47 Å². The molecule has 3 aromatic heterocycles. The van der Waals surface area contributed by atoms with Crippen LogP contribution in [0.2, 0.25) is 0 Å². The van der Waals surface area contributed by atoms with Gasteiger partial charge >= 0.3 is 0 Å². The second kappa shape index (κ2) is 14.1. The van der Waals surface area contributed by atoms with Crippen molar-refractivity contribution in [2.75, 3.05) is 46.4 Å². The van der Waals surface area contributed by atoms with Crippen LogP contribution in [0.25, 0.3) is 11.1 Å². The highest BCUT2D eigenvalue weighted by Gasteiger charge is 2.44. The fourth-order valence-corrected chi connectivity index (χ4v) is 8.37. The van der Waals surface area contributed by atoms with Crippen molar-refractivity contribution in [1.82, 2.24) is 29.3 Å². The van der Waals surface area contributed by atoms with Crippen molar-refractivity contribution in [1.29, 1.82) is 5.26 Å². The van der Waals surface area contributed by atoms with Crippen LogP contribution in [0.3, 0.4) is 0 Å². The highest BCUT2D eigenvalue weighted by molar-refractivity contribution is 6.12. The SMILES string of the molecule is C=C(/C=N\C(=C/C)N1CC2CC(C1)N2Cc1ccc(OC)nc1)c1cc(OCCN2CCC3(CCCCC3)CC2)cn2ncc(C#N)c12. The molecule has 10 heteroatoms. The molecule has 2 bridgehead atoms. The van der Waals surface area contributed by atoms with Gasteiger partial charge in [0.1, 0.15) is 24.2 Å². The van der Waals surface area contributed by atoms with Crippen LogP contribution in [0.15, 0.2) is 60.3 Å². The number of allylic oxidation sites excluding steroid dienone is 2. The molecule has 1 spiro atoms. The maximum absolute atomic E-state index is 9.84. The van der Waals surface area contributed by atoms with Crippen LogP contribution in [0.1, 0.15) is 75.0 Å². The summed E-state index contributed by atoms with van der Waals surface area (Å²) in [5, 5.41) is 14.3. The van der Waals surface area contributed by atoms with Gasteiger partial charge in [-0.25, -0.2) is 14.5 Å². The number of ether oxygens (including phenoxy) is 2. The van der Waals surface area contributed by atoms with E-state index >= 15 is 0 Å². The number of hydrogen-bond donors (Lipinski definition) is 0. The number of likely N-dealkylation sites (tertiary alicyclic amines) is 1. The first-order valence-corrected chi connectivity index (χ1v) is 17.6. The molecule has 3 aromatic rings. The Hall–Kier alpha value is -4.20. The Kier molecular flexibility index (Phi) is 9.51. The summed E-state index contributed by atoms with van der Waals surface area (Å²) < 4.78 is 13.3. The summed E-state index contributed by atoms with van der Waals surface area (Å²) >= 11 is 0. The Morgan fingerprint density at radius 3 is 2.60 bits per heavy atom. The third-order valence-electron chi connectivity index (χ3n) is 11.2. The summed E-state index contributed by atoms with van der Waals surface area (Å²) in [4.78, 5) is 16.8. The number of piperidine rings is 2. The largest absolute Gasteiger partial charge is 0.491 e. The van der Waals surface area contributed by atoms with E-state index < -0.39 is 0 Å². The van der Waals surface area contributed by atoms with E-state index in [4.69, 9.17) is 14.5 Å². The maximum atomic E-state index is 9.84. The van der Waals surface area contributed by atoms with E-state index in [1.807, 2.05) is 37.7 Å². The molecular weight excluding hydrogens is 600 g/mol. The Morgan fingerprint density at radius 2 is 1.92 bits per heavy atom. The van der Waals surface area contributed by atoms with E-state index in [0.717, 1.165) is 61.9 Å². The molecule has 1 aliphatic carbocycles. The van der Waals surface area contributed by atoms with Crippen molar-refractivity contribution >= 4 is 17.3 Å². The first kappa shape index (κ1) is 32.4. The lowest BCUT2D eigenvalue weighted by molar-refractivity contribution is -0.0645. The zero-order chi connectivity index (χ0) is 33.1. The molecule has 0 radical (unpaired) electrons. The van der Waals surface area contributed by atoms with Gasteiger partial charge in [0, 0.05) is 62.3 Å². The number of piperazine rings is 1. The topological polar surface area (TPSA) is 94.5 Å². The third kappa shape index (κ3) is 6.71. The predicted octanol–water partition coefficient (Wildman–Crippen LogP) is 5.94. The van der Waals surface area contributed by atoms with Crippen LogP contribution >= 0.6 is 0 Å². The summed E-state index contributed by atoms with van der Waals surface area (Å²) in [7, 11) is 1.64. The molecule has 5 fully saturated rings. The number of nitrogens with zero attached hydrogens (tertiary/aromatic N) is 8. The van der Waals surface area contributed by atoms with E-state index in [9.17, 15) is 5.26 Å². The molecule has 10 nitrogen and oxygen atoms in total. The molecule has 8 rings (SSSR count). The van der Waals surface area contributed by atoms with E-state index in [-0.39, 0.29) is 0 Å². The van der Waals surface area contributed by atoms with Crippen LogP contribution < -0.4 is 9.47 Å². The second-order valence-electron chi connectivity index (χ2n) is 14.1. The van der Waals surface area contributed by atoms with Gasteiger partial charge in [-0.15, -0.1) is 0 Å². The van der Waals surface area contributed by atoms with Gasteiger partial charge in [0.2, 0.25) is 5.88 Å². The zero-order valence-corrected chi connectivity index (χ0v) is 28.5. The monoisotopic (exact) mass is 648 g/mol. The third-order valence-corrected chi connectivity index (χ3v) is 11.2. The van der Waals surface area contributed by atoms with Gasteiger partial charge in [0.25, 0.3) is 0 Å². The number of aromatic nitrogens is 3. The zero-order valence-electron chi connectivity index (χ0n) is 28.5. The minimum Gasteiger partial charge on any atom is -0.491 e. The summed E-state index contributed by atoms with van der Waals surface area (Å²) in [6.45, 7) is 13.0. The first-order chi connectivity index (χ1) is 23.5. The van der Waals surface area contributed by atoms with Crippen molar-refractivity contribution in [3.8, 4) is 17.7 Å². The molecule has 0 amide bonds. The minimum absolute atomic E-state index is 0.482. The number of nitriles is 1. The highest BCUT2D eigenvalue weighted by atomic mass is 16.5. The Balaban J connectivity index is 0.977. The van der Waals surface area contributed by atoms with Gasteiger partial charge in [-0.3, -0.25) is 9.80 Å².